The molecular formula is C12H19N3O. The van der Waals surface area contributed by atoms with Crippen LogP contribution in [0.4, 0.5) is 0 Å². The maximum Gasteiger partial charge on any atom is 0.213 e. The number of hydrogen-bond acceptors (Lipinski definition) is 4. The molecule has 2 N–H and O–H groups in total. The monoisotopic (exact) mass is 221 g/mol. The van der Waals surface area contributed by atoms with Crippen LogP contribution in [-0.2, 0) is 5.54 Å². The first-order valence-corrected chi connectivity index (χ1v) is 5.69. The average molecular weight is 221 g/mol. The molecule has 2 heterocycles. The van der Waals surface area contributed by atoms with E-state index in [9.17, 15) is 0 Å². The Bertz CT molecular complexity index is 342. The van der Waals surface area contributed by atoms with Crippen molar-refractivity contribution in [2.45, 2.75) is 32.4 Å². The number of nitrogens with one attached hydrogen (secondary N) is 2. The quantitative estimate of drug-likeness (QED) is 0.806. The van der Waals surface area contributed by atoms with E-state index < -0.39 is 0 Å². The molecule has 4 nitrogen and oxygen atoms in total. The smallest absolute Gasteiger partial charge is 0.213 e. The summed E-state index contributed by atoms with van der Waals surface area (Å²) in [5.41, 5.74) is 1.18. The normalized spacial score (nSPS) is 25.0. The van der Waals surface area contributed by atoms with Crippen LogP contribution >= 0.6 is 0 Å². The van der Waals surface area contributed by atoms with Gasteiger partial charge in [0, 0.05) is 25.5 Å². The minimum Gasteiger partial charge on any atom is -0.475 e. The van der Waals surface area contributed by atoms with Crippen molar-refractivity contribution in [1.29, 1.82) is 0 Å². The van der Waals surface area contributed by atoms with Crippen LogP contribution < -0.4 is 15.4 Å². The molecule has 1 aliphatic rings. The molecule has 0 amide bonds. The maximum atomic E-state index is 5.52. The number of rotatable bonds is 3. The van der Waals surface area contributed by atoms with Gasteiger partial charge in [0.15, 0.2) is 0 Å². The van der Waals surface area contributed by atoms with Gasteiger partial charge in [-0.3, -0.25) is 5.32 Å². The molecule has 88 valence electrons. The molecule has 1 saturated heterocycles. The zero-order chi connectivity index (χ0) is 11.6. The molecule has 2 rings (SSSR count). The highest BCUT2D eigenvalue weighted by molar-refractivity contribution is 5.26. The molecule has 0 saturated carbocycles. The van der Waals surface area contributed by atoms with Crippen LogP contribution in [0.15, 0.2) is 18.3 Å². The van der Waals surface area contributed by atoms with E-state index in [2.05, 4.69) is 28.6 Å². The average Bonchev–Trinajstić information content (AvgIpc) is 2.66. The second-order valence-electron chi connectivity index (χ2n) is 4.66. The molecule has 1 aliphatic heterocycles. The van der Waals surface area contributed by atoms with Crippen LogP contribution in [0, 0.1) is 0 Å². The van der Waals surface area contributed by atoms with Crippen LogP contribution in [0.1, 0.15) is 26.3 Å². The van der Waals surface area contributed by atoms with Crippen molar-refractivity contribution >= 4 is 0 Å². The Hall–Kier alpha value is -1.13. The summed E-state index contributed by atoms with van der Waals surface area (Å²) >= 11 is 0. The summed E-state index contributed by atoms with van der Waals surface area (Å²) in [5.74, 6) is 0.688. The van der Waals surface area contributed by atoms with Crippen LogP contribution in [0.3, 0.4) is 0 Å². The third kappa shape index (κ3) is 2.33. The SMILES string of the molecule is CC(C)Oc1ccc(C2(C)CNCN2)cn1. The lowest BCUT2D eigenvalue weighted by atomic mass is 9.95. The molecule has 0 aliphatic carbocycles. The Morgan fingerprint density at radius 1 is 1.44 bits per heavy atom. The van der Waals surface area contributed by atoms with Gasteiger partial charge in [0.05, 0.1) is 11.6 Å². The second-order valence-corrected chi connectivity index (χ2v) is 4.66. The van der Waals surface area contributed by atoms with E-state index >= 15 is 0 Å². The van der Waals surface area contributed by atoms with Crippen LogP contribution in [-0.4, -0.2) is 24.3 Å². The van der Waals surface area contributed by atoms with Gasteiger partial charge in [-0.1, -0.05) is 6.07 Å². The van der Waals surface area contributed by atoms with Crippen molar-refractivity contribution in [2.24, 2.45) is 0 Å². The first-order chi connectivity index (χ1) is 7.60. The minimum atomic E-state index is -0.0106. The molecule has 1 aromatic rings. The van der Waals surface area contributed by atoms with Crippen molar-refractivity contribution in [1.82, 2.24) is 15.6 Å². The summed E-state index contributed by atoms with van der Waals surface area (Å²) in [4.78, 5) is 4.32. The van der Waals surface area contributed by atoms with Gasteiger partial charge in [0.25, 0.3) is 0 Å². The lowest BCUT2D eigenvalue weighted by Crippen LogP contribution is -2.35. The Kier molecular flexibility index (Phi) is 3.12. The Labute approximate surface area is 96.4 Å². The summed E-state index contributed by atoms with van der Waals surface area (Å²) in [5, 5.41) is 6.71. The highest BCUT2D eigenvalue weighted by atomic mass is 16.5. The Balaban J connectivity index is 2.12. The van der Waals surface area contributed by atoms with Gasteiger partial charge < -0.3 is 10.1 Å². The standard InChI is InChI=1S/C12H19N3O/c1-9(2)16-11-5-4-10(6-14-11)12(3)7-13-8-15-12/h4-6,9,13,15H,7-8H2,1-3H3. The van der Waals surface area contributed by atoms with Gasteiger partial charge >= 0.3 is 0 Å². The number of ether oxygens (including phenoxy) is 1. The van der Waals surface area contributed by atoms with Crippen molar-refractivity contribution < 1.29 is 4.74 Å². The van der Waals surface area contributed by atoms with Crippen molar-refractivity contribution in [3.8, 4) is 5.88 Å². The van der Waals surface area contributed by atoms with Crippen LogP contribution in [0.5, 0.6) is 5.88 Å². The summed E-state index contributed by atoms with van der Waals surface area (Å²) in [7, 11) is 0. The van der Waals surface area contributed by atoms with E-state index in [0.29, 0.717) is 5.88 Å². The zero-order valence-electron chi connectivity index (χ0n) is 10.1. The molecule has 0 radical (unpaired) electrons. The van der Waals surface area contributed by atoms with Crippen LogP contribution in [0.25, 0.3) is 0 Å². The van der Waals surface area contributed by atoms with Gasteiger partial charge in [-0.15, -0.1) is 0 Å². The Morgan fingerprint density at radius 2 is 2.25 bits per heavy atom. The lowest BCUT2D eigenvalue weighted by molar-refractivity contribution is 0.232. The molecule has 1 atom stereocenters. The summed E-state index contributed by atoms with van der Waals surface area (Å²) in [6.07, 6.45) is 2.05. The van der Waals surface area contributed by atoms with Crippen LogP contribution in [0.2, 0.25) is 0 Å². The number of nitrogens with zero attached hydrogens (tertiary/aromatic N) is 1. The Morgan fingerprint density at radius 3 is 2.75 bits per heavy atom. The van der Waals surface area contributed by atoms with Crippen molar-refractivity contribution in [2.75, 3.05) is 13.2 Å². The van der Waals surface area contributed by atoms with Crippen molar-refractivity contribution in [3.05, 3.63) is 23.9 Å². The number of hydrogen-bond donors (Lipinski definition) is 2. The minimum absolute atomic E-state index is 0.0106. The maximum absolute atomic E-state index is 5.52. The van der Waals surface area contributed by atoms with E-state index in [1.807, 2.05) is 26.1 Å². The number of aromatic nitrogens is 1. The molecule has 1 aromatic heterocycles. The molecule has 0 bridgehead atoms. The molecule has 0 aromatic carbocycles. The van der Waals surface area contributed by atoms with E-state index in [-0.39, 0.29) is 11.6 Å². The highest BCUT2D eigenvalue weighted by Crippen LogP contribution is 2.23. The van der Waals surface area contributed by atoms with Gasteiger partial charge in [-0.2, -0.15) is 0 Å². The zero-order valence-corrected chi connectivity index (χ0v) is 10.1. The van der Waals surface area contributed by atoms with Gasteiger partial charge in [-0.25, -0.2) is 4.98 Å². The fraction of sp³-hybridized carbons (Fsp3) is 0.583. The third-order valence-electron chi connectivity index (χ3n) is 2.81. The molecule has 4 heteroatoms. The molecule has 1 fully saturated rings. The summed E-state index contributed by atoms with van der Waals surface area (Å²) in [6.45, 7) is 7.95. The molecule has 16 heavy (non-hydrogen) atoms. The topological polar surface area (TPSA) is 46.2 Å². The summed E-state index contributed by atoms with van der Waals surface area (Å²) in [6, 6.07) is 4.01. The van der Waals surface area contributed by atoms with Gasteiger partial charge in [-0.05, 0) is 26.3 Å². The third-order valence-corrected chi connectivity index (χ3v) is 2.81. The van der Waals surface area contributed by atoms with E-state index in [0.717, 1.165) is 13.2 Å². The predicted molar refractivity (Wildman–Crippen MR) is 63.4 cm³/mol. The summed E-state index contributed by atoms with van der Waals surface area (Å²) < 4.78 is 5.52. The lowest BCUT2D eigenvalue weighted by Gasteiger charge is -2.23. The second kappa shape index (κ2) is 4.39. The predicted octanol–water partition coefficient (Wildman–Crippen LogP) is 1.23. The fourth-order valence-electron chi connectivity index (χ4n) is 1.85. The molecular weight excluding hydrogens is 202 g/mol. The largest absolute Gasteiger partial charge is 0.475 e. The fourth-order valence-corrected chi connectivity index (χ4v) is 1.85. The number of pyridine rings is 1. The van der Waals surface area contributed by atoms with Gasteiger partial charge in [0.1, 0.15) is 0 Å². The highest BCUT2D eigenvalue weighted by Gasteiger charge is 2.29. The first-order valence-electron chi connectivity index (χ1n) is 5.69. The van der Waals surface area contributed by atoms with Gasteiger partial charge in [0.2, 0.25) is 5.88 Å². The molecule has 0 spiro atoms. The van der Waals surface area contributed by atoms with E-state index in [1.165, 1.54) is 5.56 Å². The molecule has 1 unspecified atom stereocenters. The first kappa shape index (κ1) is 11.4. The van der Waals surface area contributed by atoms with Crippen molar-refractivity contribution in [3.63, 3.8) is 0 Å². The van der Waals surface area contributed by atoms with E-state index in [1.54, 1.807) is 0 Å². The van der Waals surface area contributed by atoms with E-state index in [4.69, 9.17) is 4.74 Å².